The van der Waals surface area contributed by atoms with Gasteiger partial charge < -0.3 is 10.6 Å². The van der Waals surface area contributed by atoms with Crippen molar-refractivity contribution in [3.8, 4) is 0 Å². The van der Waals surface area contributed by atoms with Gasteiger partial charge in [-0.3, -0.25) is 5.41 Å². The van der Waals surface area contributed by atoms with Gasteiger partial charge in [0.05, 0.1) is 11.8 Å². The molecule has 98 valence electrons. The van der Waals surface area contributed by atoms with Crippen LogP contribution in [0.4, 0.5) is 16.0 Å². The molecule has 0 aliphatic heterocycles. The quantitative estimate of drug-likeness (QED) is 0.496. The first-order chi connectivity index (χ1) is 8.99. The van der Waals surface area contributed by atoms with E-state index in [1.54, 1.807) is 13.1 Å². The van der Waals surface area contributed by atoms with Gasteiger partial charge in [-0.15, -0.1) is 0 Å². The Hall–Kier alpha value is -2.28. The van der Waals surface area contributed by atoms with Crippen LogP contribution in [0.3, 0.4) is 0 Å². The molecule has 0 unspecified atom stereocenters. The topological polar surface area (TPSA) is 91.8 Å². The summed E-state index contributed by atoms with van der Waals surface area (Å²) in [7, 11) is 1.59. The highest BCUT2D eigenvalue weighted by atomic mass is 35.5. The molecule has 2 aromatic rings. The number of aromatic nitrogens is 3. The van der Waals surface area contributed by atoms with Crippen molar-refractivity contribution in [2.75, 3.05) is 17.7 Å². The van der Waals surface area contributed by atoms with Gasteiger partial charge in [-0.25, -0.2) is 19.3 Å². The van der Waals surface area contributed by atoms with Crippen LogP contribution in [-0.4, -0.2) is 27.8 Å². The second-order valence-corrected chi connectivity index (χ2v) is 4.02. The number of hydrogen-bond acceptors (Lipinski definition) is 5. The summed E-state index contributed by atoms with van der Waals surface area (Å²) in [5.74, 6) is -0.144. The van der Waals surface area contributed by atoms with Crippen LogP contribution >= 0.6 is 11.6 Å². The van der Waals surface area contributed by atoms with Crippen LogP contribution in [-0.2, 0) is 0 Å². The lowest BCUT2D eigenvalue weighted by Crippen LogP contribution is -2.28. The number of nitrogens with one attached hydrogen (secondary N) is 1. The molecule has 0 saturated heterocycles. The number of rotatable bonds is 2. The molecule has 2 aromatic heterocycles. The summed E-state index contributed by atoms with van der Waals surface area (Å²) in [6.45, 7) is 0. The van der Waals surface area contributed by atoms with Crippen molar-refractivity contribution < 1.29 is 4.39 Å². The number of pyridine rings is 1. The number of halogens is 2. The zero-order chi connectivity index (χ0) is 14.0. The Labute approximate surface area is 113 Å². The summed E-state index contributed by atoms with van der Waals surface area (Å²) in [6, 6.07) is 2.72. The molecule has 19 heavy (non-hydrogen) atoms. The standard InChI is InChI=1S/C11H10ClFN6/c1-19(8-2-3-16-11(12)18-8)10(15)7-4-6(13)5-17-9(7)14/h2-5,15H,1H3,(H2,14,17). The van der Waals surface area contributed by atoms with E-state index >= 15 is 0 Å². The van der Waals surface area contributed by atoms with E-state index in [0.717, 1.165) is 12.3 Å². The molecule has 0 saturated carbocycles. The third-order valence-corrected chi connectivity index (χ3v) is 2.61. The molecular formula is C11H10ClFN6. The number of amidine groups is 1. The Kier molecular flexibility index (Phi) is 3.57. The van der Waals surface area contributed by atoms with E-state index in [1.807, 2.05) is 0 Å². The normalized spacial score (nSPS) is 10.3. The molecule has 0 amide bonds. The summed E-state index contributed by atoms with van der Waals surface area (Å²) in [5.41, 5.74) is 5.81. The van der Waals surface area contributed by atoms with E-state index in [-0.39, 0.29) is 22.5 Å². The zero-order valence-electron chi connectivity index (χ0n) is 9.93. The molecule has 0 bridgehead atoms. The minimum Gasteiger partial charge on any atom is -0.383 e. The predicted molar refractivity (Wildman–Crippen MR) is 70.9 cm³/mol. The second kappa shape index (κ2) is 5.15. The molecule has 8 heteroatoms. The lowest BCUT2D eigenvalue weighted by atomic mass is 10.2. The first-order valence-electron chi connectivity index (χ1n) is 5.21. The lowest BCUT2D eigenvalue weighted by Gasteiger charge is -2.19. The second-order valence-electron chi connectivity index (χ2n) is 3.68. The average Bonchev–Trinajstić information content (AvgIpc) is 2.40. The molecule has 0 spiro atoms. The van der Waals surface area contributed by atoms with Gasteiger partial charge in [0.2, 0.25) is 5.28 Å². The maximum absolute atomic E-state index is 13.2. The van der Waals surface area contributed by atoms with Crippen LogP contribution in [0.25, 0.3) is 0 Å². The third-order valence-electron chi connectivity index (χ3n) is 2.43. The van der Waals surface area contributed by atoms with Gasteiger partial charge in [-0.05, 0) is 23.7 Å². The van der Waals surface area contributed by atoms with Crippen LogP contribution in [0.2, 0.25) is 5.28 Å². The van der Waals surface area contributed by atoms with E-state index in [9.17, 15) is 4.39 Å². The van der Waals surface area contributed by atoms with E-state index < -0.39 is 5.82 Å². The fraction of sp³-hybridized carbons (Fsp3) is 0.0909. The Bertz CT molecular complexity index is 632. The predicted octanol–water partition coefficient (Wildman–Crippen LogP) is 1.71. The summed E-state index contributed by atoms with van der Waals surface area (Å²) >= 11 is 5.68. The van der Waals surface area contributed by atoms with Crippen molar-refractivity contribution in [3.63, 3.8) is 0 Å². The Morgan fingerprint density at radius 2 is 2.21 bits per heavy atom. The summed E-state index contributed by atoms with van der Waals surface area (Å²) in [6.07, 6.45) is 2.45. The fourth-order valence-corrected chi connectivity index (χ4v) is 1.59. The molecule has 0 aliphatic carbocycles. The van der Waals surface area contributed by atoms with Crippen LogP contribution in [0.15, 0.2) is 24.5 Å². The zero-order valence-corrected chi connectivity index (χ0v) is 10.7. The van der Waals surface area contributed by atoms with Crippen molar-refractivity contribution in [1.82, 2.24) is 15.0 Å². The minimum atomic E-state index is -0.567. The lowest BCUT2D eigenvalue weighted by molar-refractivity contribution is 0.621. The third kappa shape index (κ3) is 2.76. The van der Waals surface area contributed by atoms with Crippen molar-refractivity contribution in [1.29, 1.82) is 5.41 Å². The van der Waals surface area contributed by atoms with Crippen molar-refractivity contribution in [2.24, 2.45) is 0 Å². The van der Waals surface area contributed by atoms with Gasteiger partial charge in [0, 0.05) is 13.2 Å². The average molecular weight is 281 g/mol. The highest BCUT2D eigenvalue weighted by molar-refractivity contribution is 6.28. The molecule has 3 N–H and O–H groups in total. The molecule has 0 atom stereocenters. The molecule has 0 aliphatic rings. The first-order valence-corrected chi connectivity index (χ1v) is 5.59. The van der Waals surface area contributed by atoms with Crippen molar-refractivity contribution in [2.45, 2.75) is 0 Å². The van der Waals surface area contributed by atoms with Gasteiger partial charge in [0.1, 0.15) is 23.3 Å². The van der Waals surface area contributed by atoms with E-state index in [0.29, 0.717) is 5.82 Å². The van der Waals surface area contributed by atoms with E-state index in [4.69, 9.17) is 22.7 Å². The number of nitrogen functional groups attached to an aromatic ring is 1. The van der Waals surface area contributed by atoms with Crippen molar-refractivity contribution in [3.05, 3.63) is 41.2 Å². The van der Waals surface area contributed by atoms with E-state index in [2.05, 4.69) is 15.0 Å². The number of nitrogens with two attached hydrogens (primary N) is 1. The summed E-state index contributed by atoms with van der Waals surface area (Å²) < 4.78 is 13.2. The van der Waals surface area contributed by atoms with Gasteiger partial charge in [0.25, 0.3) is 0 Å². The van der Waals surface area contributed by atoms with Gasteiger partial charge in [-0.1, -0.05) is 0 Å². The smallest absolute Gasteiger partial charge is 0.224 e. The Morgan fingerprint density at radius 3 is 2.89 bits per heavy atom. The molecule has 2 heterocycles. The van der Waals surface area contributed by atoms with Gasteiger partial charge in [0.15, 0.2) is 0 Å². The van der Waals surface area contributed by atoms with Crippen molar-refractivity contribution >= 4 is 29.1 Å². The summed E-state index contributed by atoms with van der Waals surface area (Å²) in [5, 5.41) is 8.07. The van der Waals surface area contributed by atoms with E-state index in [1.165, 1.54) is 11.1 Å². The maximum Gasteiger partial charge on any atom is 0.224 e. The highest BCUT2D eigenvalue weighted by Crippen LogP contribution is 2.17. The van der Waals surface area contributed by atoms with Gasteiger partial charge >= 0.3 is 0 Å². The monoisotopic (exact) mass is 280 g/mol. The molecular weight excluding hydrogens is 271 g/mol. The van der Waals surface area contributed by atoms with Crippen LogP contribution in [0, 0.1) is 11.2 Å². The van der Waals surface area contributed by atoms with Crippen LogP contribution in [0.5, 0.6) is 0 Å². The highest BCUT2D eigenvalue weighted by Gasteiger charge is 2.15. The molecule has 0 aromatic carbocycles. The summed E-state index contributed by atoms with van der Waals surface area (Å²) in [4.78, 5) is 12.8. The molecule has 0 radical (unpaired) electrons. The SMILES string of the molecule is CN(C(=N)c1cc(F)cnc1N)c1ccnc(Cl)n1. The first kappa shape index (κ1) is 13.2. The largest absolute Gasteiger partial charge is 0.383 e. The number of nitrogens with zero attached hydrogens (tertiary/aromatic N) is 4. The van der Waals surface area contributed by atoms with Crippen LogP contribution in [0.1, 0.15) is 5.56 Å². The van der Waals surface area contributed by atoms with Crippen LogP contribution < -0.4 is 10.6 Å². The molecule has 0 fully saturated rings. The molecule has 2 rings (SSSR count). The number of anilines is 2. The number of hydrogen-bond donors (Lipinski definition) is 2. The molecule has 6 nitrogen and oxygen atoms in total. The minimum absolute atomic E-state index is 0.0423. The Morgan fingerprint density at radius 1 is 1.47 bits per heavy atom. The Balaban J connectivity index is 2.36. The maximum atomic E-state index is 13.2. The van der Waals surface area contributed by atoms with Gasteiger partial charge in [-0.2, -0.15) is 0 Å². The fourth-order valence-electron chi connectivity index (χ4n) is 1.45.